The predicted octanol–water partition coefficient (Wildman–Crippen LogP) is 3.04. The minimum Gasteiger partial charge on any atom is -0.392 e. The number of allylic oxidation sites excluding steroid dienone is 1. The van der Waals surface area contributed by atoms with Crippen molar-refractivity contribution in [3.05, 3.63) is 11.6 Å². The first-order valence-corrected chi connectivity index (χ1v) is 5.22. The summed E-state index contributed by atoms with van der Waals surface area (Å²) in [5.74, 6) is 0. The normalized spacial score (nSPS) is 21.6. The lowest BCUT2D eigenvalue weighted by atomic mass is 10.0. The van der Waals surface area contributed by atoms with Crippen molar-refractivity contribution in [3.63, 3.8) is 0 Å². The summed E-state index contributed by atoms with van der Waals surface area (Å²) < 4.78 is 0. The van der Waals surface area contributed by atoms with Gasteiger partial charge in [0.05, 0.1) is 6.61 Å². The second kappa shape index (κ2) is 6.24. The van der Waals surface area contributed by atoms with Crippen molar-refractivity contribution in [2.45, 2.75) is 51.4 Å². The molecule has 1 N–H and O–H groups in total. The van der Waals surface area contributed by atoms with Crippen LogP contribution in [0.3, 0.4) is 0 Å². The predicted molar refractivity (Wildman–Crippen MR) is 52.1 cm³/mol. The summed E-state index contributed by atoms with van der Waals surface area (Å²) in [6.45, 7) is 0.278. The molecule has 0 aliphatic heterocycles. The lowest BCUT2D eigenvalue weighted by molar-refractivity contribution is 0.324. The highest BCUT2D eigenvalue weighted by Gasteiger charge is 1.98. The monoisotopic (exact) mass is 168 g/mol. The quantitative estimate of drug-likeness (QED) is 0.597. The third kappa shape index (κ3) is 3.91. The van der Waals surface area contributed by atoms with Gasteiger partial charge in [-0.25, -0.2) is 0 Å². The summed E-state index contributed by atoms with van der Waals surface area (Å²) in [6.07, 6.45) is 12.6. The van der Waals surface area contributed by atoms with Crippen molar-refractivity contribution in [2.75, 3.05) is 6.61 Å². The third-order valence-corrected chi connectivity index (χ3v) is 2.59. The van der Waals surface area contributed by atoms with E-state index in [4.69, 9.17) is 5.11 Å². The van der Waals surface area contributed by atoms with Gasteiger partial charge in [0.2, 0.25) is 0 Å². The fraction of sp³-hybridized carbons (Fsp3) is 0.818. The standard InChI is InChI=1S/C11H20O/c12-10-11-8-6-4-2-1-3-5-7-9-11/h8,12H,1-7,9-10H2. The van der Waals surface area contributed by atoms with Gasteiger partial charge in [-0.05, 0) is 31.3 Å². The van der Waals surface area contributed by atoms with E-state index in [0.29, 0.717) is 0 Å². The lowest BCUT2D eigenvalue weighted by Gasteiger charge is -2.07. The number of aliphatic hydroxyl groups excluding tert-OH is 1. The molecule has 1 aliphatic carbocycles. The molecule has 0 atom stereocenters. The van der Waals surface area contributed by atoms with Crippen LogP contribution < -0.4 is 0 Å². The van der Waals surface area contributed by atoms with Crippen LogP contribution in [0.4, 0.5) is 0 Å². The van der Waals surface area contributed by atoms with Crippen LogP contribution in [0, 0.1) is 0 Å². The van der Waals surface area contributed by atoms with E-state index in [0.717, 1.165) is 6.42 Å². The maximum Gasteiger partial charge on any atom is 0.0641 e. The molecule has 0 bridgehead atoms. The van der Waals surface area contributed by atoms with Gasteiger partial charge in [-0.3, -0.25) is 0 Å². The van der Waals surface area contributed by atoms with Gasteiger partial charge in [0.1, 0.15) is 0 Å². The van der Waals surface area contributed by atoms with E-state index in [1.807, 2.05) is 0 Å². The van der Waals surface area contributed by atoms with Crippen LogP contribution in [0.15, 0.2) is 11.6 Å². The molecule has 0 radical (unpaired) electrons. The van der Waals surface area contributed by atoms with Crippen LogP contribution in [0.2, 0.25) is 0 Å². The molecule has 1 aliphatic rings. The Kier molecular flexibility index (Phi) is 5.09. The zero-order valence-electron chi connectivity index (χ0n) is 7.89. The topological polar surface area (TPSA) is 20.2 Å². The molecular formula is C11H20O. The molecule has 0 spiro atoms. The summed E-state index contributed by atoms with van der Waals surface area (Å²) in [5, 5.41) is 9.00. The Morgan fingerprint density at radius 1 is 1.00 bits per heavy atom. The van der Waals surface area contributed by atoms with Crippen LogP contribution in [0.1, 0.15) is 51.4 Å². The Morgan fingerprint density at radius 3 is 2.42 bits per heavy atom. The molecule has 0 amide bonds. The molecule has 0 saturated heterocycles. The maximum absolute atomic E-state index is 9.00. The van der Waals surface area contributed by atoms with Gasteiger partial charge in [-0.2, -0.15) is 0 Å². The van der Waals surface area contributed by atoms with Gasteiger partial charge in [-0.1, -0.05) is 31.8 Å². The molecule has 0 aromatic carbocycles. The van der Waals surface area contributed by atoms with Gasteiger partial charge in [0.15, 0.2) is 0 Å². The Labute approximate surface area is 75.5 Å². The van der Waals surface area contributed by atoms with Crippen LogP contribution in [-0.4, -0.2) is 11.7 Å². The second-order valence-electron chi connectivity index (χ2n) is 3.68. The highest BCUT2D eigenvalue weighted by Crippen LogP contribution is 2.16. The minimum atomic E-state index is 0.278. The number of hydrogen-bond donors (Lipinski definition) is 1. The Balaban J connectivity index is 2.32. The number of rotatable bonds is 1. The van der Waals surface area contributed by atoms with Gasteiger partial charge in [0.25, 0.3) is 0 Å². The van der Waals surface area contributed by atoms with Crippen LogP contribution in [0.25, 0.3) is 0 Å². The first-order valence-electron chi connectivity index (χ1n) is 5.22. The molecule has 1 nitrogen and oxygen atoms in total. The molecule has 1 heteroatoms. The van der Waals surface area contributed by atoms with Crippen molar-refractivity contribution in [1.82, 2.24) is 0 Å². The molecule has 0 fully saturated rings. The van der Waals surface area contributed by atoms with Crippen molar-refractivity contribution < 1.29 is 5.11 Å². The number of hydrogen-bond acceptors (Lipinski definition) is 1. The molecule has 70 valence electrons. The molecule has 0 saturated carbocycles. The highest BCUT2D eigenvalue weighted by atomic mass is 16.3. The van der Waals surface area contributed by atoms with Gasteiger partial charge in [-0.15, -0.1) is 0 Å². The first kappa shape index (κ1) is 9.79. The second-order valence-corrected chi connectivity index (χ2v) is 3.68. The van der Waals surface area contributed by atoms with E-state index in [-0.39, 0.29) is 6.61 Å². The van der Waals surface area contributed by atoms with Crippen molar-refractivity contribution in [1.29, 1.82) is 0 Å². The molecule has 0 aromatic rings. The lowest BCUT2D eigenvalue weighted by Crippen LogP contribution is -1.93. The summed E-state index contributed by atoms with van der Waals surface area (Å²) >= 11 is 0. The largest absolute Gasteiger partial charge is 0.392 e. The van der Waals surface area contributed by atoms with Crippen LogP contribution in [-0.2, 0) is 0 Å². The Bertz CT molecular complexity index is 138. The number of aliphatic hydroxyl groups is 1. The highest BCUT2D eigenvalue weighted by molar-refractivity contribution is 5.01. The van der Waals surface area contributed by atoms with Crippen LogP contribution >= 0.6 is 0 Å². The van der Waals surface area contributed by atoms with Crippen LogP contribution in [0.5, 0.6) is 0 Å². The van der Waals surface area contributed by atoms with E-state index in [9.17, 15) is 0 Å². The van der Waals surface area contributed by atoms with E-state index in [1.54, 1.807) is 0 Å². The average molecular weight is 168 g/mol. The zero-order valence-corrected chi connectivity index (χ0v) is 7.89. The summed E-state index contributed by atoms with van der Waals surface area (Å²) in [7, 11) is 0. The Morgan fingerprint density at radius 2 is 1.67 bits per heavy atom. The smallest absolute Gasteiger partial charge is 0.0641 e. The average Bonchev–Trinajstić information content (AvgIpc) is 2.14. The van der Waals surface area contributed by atoms with E-state index in [1.165, 1.54) is 50.5 Å². The summed E-state index contributed by atoms with van der Waals surface area (Å²) in [6, 6.07) is 0. The summed E-state index contributed by atoms with van der Waals surface area (Å²) in [5.41, 5.74) is 1.26. The minimum absolute atomic E-state index is 0.278. The maximum atomic E-state index is 9.00. The van der Waals surface area contributed by atoms with Gasteiger partial charge < -0.3 is 5.11 Å². The molecule has 12 heavy (non-hydrogen) atoms. The van der Waals surface area contributed by atoms with E-state index < -0.39 is 0 Å². The van der Waals surface area contributed by atoms with E-state index in [2.05, 4.69) is 6.08 Å². The third-order valence-electron chi connectivity index (χ3n) is 2.59. The van der Waals surface area contributed by atoms with Gasteiger partial charge in [0, 0.05) is 0 Å². The molecule has 0 aromatic heterocycles. The van der Waals surface area contributed by atoms with Crippen molar-refractivity contribution in [3.8, 4) is 0 Å². The molecule has 0 unspecified atom stereocenters. The molecule has 0 heterocycles. The fourth-order valence-electron chi connectivity index (χ4n) is 1.76. The van der Waals surface area contributed by atoms with Gasteiger partial charge >= 0.3 is 0 Å². The van der Waals surface area contributed by atoms with Crippen molar-refractivity contribution in [2.24, 2.45) is 0 Å². The molecule has 1 rings (SSSR count). The van der Waals surface area contributed by atoms with Crippen molar-refractivity contribution >= 4 is 0 Å². The molecular weight excluding hydrogens is 148 g/mol. The zero-order chi connectivity index (χ0) is 8.65. The fourth-order valence-corrected chi connectivity index (χ4v) is 1.76. The SMILES string of the molecule is OCC1=CCCCCCCCC1. The van der Waals surface area contributed by atoms with E-state index >= 15 is 0 Å². The Hall–Kier alpha value is -0.300. The summed E-state index contributed by atoms with van der Waals surface area (Å²) in [4.78, 5) is 0. The first-order chi connectivity index (χ1) is 5.93.